The molecule has 0 heterocycles. The Kier molecular flexibility index (Phi) is 11.3. The van der Waals surface area contributed by atoms with E-state index in [1.807, 2.05) is 59.9 Å². The molecule has 1 unspecified atom stereocenters. The Morgan fingerprint density at radius 1 is 0.714 bits per heavy atom. The number of halogens is 4. The maximum absolute atomic E-state index is 14.2. The molecule has 1 atom stereocenters. The minimum absolute atomic E-state index is 0.0310. The molecule has 248 valence electrons. The van der Waals surface area contributed by atoms with E-state index >= 15 is 0 Å². The second kappa shape index (κ2) is 15.9. The van der Waals surface area contributed by atoms with E-state index in [0.29, 0.717) is 21.7 Å². The molecule has 0 aliphatic carbocycles. The fourth-order valence-electron chi connectivity index (χ4n) is 4.73. The van der Waals surface area contributed by atoms with E-state index in [1.165, 1.54) is 0 Å². The Morgan fingerprint density at radius 2 is 1.33 bits per heavy atom. The van der Waals surface area contributed by atoms with Crippen molar-refractivity contribution in [2.45, 2.75) is 23.5 Å². The third-order valence-corrected chi connectivity index (χ3v) is 8.61. The number of benzene rings is 5. The van der Waals surface area contributed by atoms with Crippen molar-refractivity contribution >= 4 is 46.9 Å². The van der Waals surface area contributed by atoms with Gasteiger partial charge in [-0.2, -0.15) is 0 Å². The highest BCUT2D eigenvalue weighted by molar-refractivity contribution is 8.00. The average molecular weight is 684 g/mol. The quantitative estimate of drug-likeness (QED) is 0.0562. The smallest absolute Gasteiger partial charge is 0.272 e. The van der Waals surface area contributed by atoms with Crippen LogP contribution in [0.3, 0.4) is 0 Å². The van der Waals surface area contributed by atoms with Crippen molar-refractivity contribution in [3.8, 4) is 11.1 Å². The number of anilines is 2. The first kappa shape index (κ1) is 34.6. The standard InChI is InChI=1S/C38H29F4N3O3S/c1-2-32(38(48)45-35-33(41)29(39)22-30(40)34(35)42)49-28-15-9-14-27(21-28)43-37(47)31(44-36(46)26-12-7-4-8-13-26)20-23-16-18-25(19-17-23)24-10-5-3-6-11-24/h3-22,32H,2H2,1H3,(H,43,47)(H,44,46)(H,45,48)/b31-20+. The number of amides is 3. The van der Waals surface area contributed by atoms with Gasteiger partial charge in [-0.25, -0.2) is 17.6 Å². The van der Waals surface area contributed by atoms with Crippen LogP contribution in [0, 0.1) is 23.3 Å². The summed E-state index contributed by atoms with van der Waals surface area (Å²) in [5, 5.41) is 6.50. The predicted molar refractivity (Wildman–Crippen MR) is 184 cm³/mol. The molecule has 0 aliphatic heterocycles. The van der Waals surface area contributed by atoms with Gasteiger partial charge in [-0.3, -0.25) is 14.4 Å². The summed E-state index contributed by atoms with van der Waals surface area (Å²) in [7, 11) is 0. The molecule has 3 amide bonds. The maximum Gasteiger partial charge on any atom is 0.272 e. The molecule has 5 aromatic carbocycles. The number of thioether (sulfide) groups is 1. The third kappa shape index (κ3) is 8.82. The molecular formula is C38H29F4N3O3S. The third-order valence-electron chi connectivity index (χ3n) is 7.25. The van der Waals surface area contributed by atoms with Crippen molar-refractivity contribution in [3.63, 3.8) is 0 Å². The number of hydrogen-bond donors (Lipinski definition) is 3. The molecule has 6 nitrogen and oxygen atoms in total. The molecule has 0 fully saturated rings. The summed E-state index contributed by atoms with van der Waals surface area (Å²) >= 11 is 1.02. The van der Waals surface area contributed by atoms with Crippen LogP contribution in [0.4, 0.5) is 28.9 Å². The van der Waals surface area contributed by atoms with E-state index in [2.05, 4.69) is 10.6 Å². The van der Waals surface area contributed by atoms with Crippen LogP contribution in [0.15, 0.2) is 126 Å². The minimum atomic E-state index is -1.72. The first-order valence-corrected chi connectivity index (χ1v) is 16.0. The highest BCUT2D eigenvalue weighted by Crippen LogP contribution is 2.31. The lowest BCUT2D eigenvalue weighted by Gasteiger charge is -2.17. The molecule has 0 spiro atoms. The van der Waals surface area contributed by atoms with Gasteiger partial charge < -0.3 is 16.0 Å². The van der Waals surface area contributed by atoms with Crippen LogP contribution in [0.2, 0.25) is 0 Å². The van der Waals surface area contributed by atoms with Gasteiger partial charge in [0.1, 0.15) is 11.4 Å². The molecular weight excluding hydrogens is 654 g/mol. The van der Waals surface area contributed by atoms with Crippen molar-refractivity contribution < 1.29 is 31.9 Å². The largest absolute Gasteiger partial charge is 0.321 e. The van der Waals surface area contributed by atoms with Gasteiger partial charge >= 0.3 is 0 Å². The molecule has 0 bridgehead atoms. The Balaban J connectivity index is 1.34. The summed E-state index contributed by atoms with van der Waals surface area (Å²) in [5.41, 5.74) is 2.09. The summed E-state index contributed by atoms with van der Waals surface area (Å²) in [6, 6.07) is 32.2. The molecule has 5 rings (SSSR count). The van der Waals surface area contributed by atoms with Gasteiger partial charge in [0.25, 0.3) is 11.8 Å². The molecule has 49 heavy (non-hydrogen) atoms. The number of carbonyl (C=O) groups is 3. The number of carbonyl (C=O) groups excluding carboxylic acids is 3. The van der Waals surface area contributed by atoms with Gasteiger partial charge in [0.15, 0.2) is 23.3 Å². The first-order chi connectivity index (χ1) is 23.6. The van der Waals surface area contributed by atoms with E-state index in [0.717, 1.165) is 22.9 Å². The normalized spacial score (nSPS) is 11.8. The Hall–Kier alpha value is -5.68. The molecule has 0 aliphatic rings. The molecule has 3 N–H and O–H groups in total. The van der Waals surface area contributed by atoms with Gasteiger partial charge in [0.2, 0.25) is 5.91 Å². The van der Waals surface area contributed by atoms with Gasteiger partial charge in [0, 0.05) is 22.2 Å². The molecule has 5 aromatic rings. The lowest BCUT2D eigenvalue weighted by atomic mass is 10.0. The zero-order valence-electron chi connectivity index (χ0n) is 26.0. The molecule has 0 saturated heterocycles. The number of nitrogens with one attached hydrogen (secondary N) is 3. The van der Waals surface area contributed by atoms with Crippen molar-refractivity contribution in [2.75, 3.05) is 10.6 Å². The van der Waals surface area contributed by atoms with Crippen LogP contribution < -0.4 is 16.0 Å². The van der Waals surface area contributed by atoms with E-state index in [9.17, 15) is 31.9 Å². The minimum Gasteiger partial charge on any atom is -0.321 e. The second-order valence-electron chi connectivity index (χ2n) is 10.7. The van der Waals surface area contributed by atoms with Crippen LogP contribution in [-0.2, 0) is 9.59 Å². The van der Waals surface area contributed by atoms with Crippen molar-refractivity contribution in [1.29, 1.82) is 0 Å². The number of rotatable bonds is 11. The highest BCUT2D eigenvalue weighted by atomic mass is 32.2. The number of hydrogen-bond acceptors (Lipinski definition) is 4. The van der Waals surface area contributed by atoms with Gasteiger partial charge in [-0.1, -0.05) is 85.8 Å². The first-order valence-electron chi connectivity index (χ1n) is 15.1. The fourth-order valence-corrected chi connectivity index (χ4v) is 5.74. The lowest BCUT2D eigenvalue weighted by molar-refractivity contribution is -0.116. The summed E-state index contributed by atoms with van der Waals surface area (Å²) in [6.45, 7) is 1.65. The lowest BCUT2D eigenvalue weighted by Crippen LogP contribution is -2.30. The maximum atomic E-state index is 14.2. The van der Waals surface area contributed by atoms with Gasteiger partial charge in [0.05, 0.1) is 5.25 Å². The summed E-state index contributed by atoms with van der Waals surface area (Å²) in [5.74, 6) is -8.71. The monoisotopic (exact) mass is 683 g/mol. The molecule has 0 saturated carbocycles. The summed E-state index contributed by atoms with van der Waals surface area (Å²) in [4.78, 5) is 40.1. The zero-order chi connectivity index (χ0) is 34.9. The Morgan fingerprint density at radius 3 is 1.96 bits per heavy atom. The molecule has 0 aromatic heterocycles. The van der Waals surface area contributed by atoms with Crippen molar-refractivity contribution in [2.24, 2.45) is 0 Å². The second-order valence-corrected chi connectivity index (χ2v) is 12.0. The van der Waals surface area contributed by atoms with Crippen LogP contribution in [-0.4, -0.2) is 23.0 Å². The highest BCUT2D eigenvalue weighted by Gasteiger charge is 2.25. The van der Waals surface area contributed by atoms with Crippen LogP contribution in [0.25, 0.3) is 17.2 Å². The van der Waals surface area contributed by atoms with Crippen LogP contribution in [0.1, 0.15) is 29.3 Å². The predicted octanol–water partition coefficient (Wildman–Crippen LogP) is 8.83. The average Bonchev–Trinajstić information content (AvgIpc) is 3.12. The van der Waals surface area contributed by atoms with E-state index in [1.54, 1.807) is 67.6 Å². The van der Waals surface area contributed by atoms with Crippen LogP contribution >= 0.6 is 11.8 Å². The SMILES string of the molecule is CCC(Sc1cccc(NC(=O)/C(=C\c2ccc(-c3ccccc3)cc2)NC(=O)c2ccccc2)c1)C(=O)Nc1c(F)c(F)cc(F)c1F. The van der Waals surface area contributed by atoms with Crippen LogP contribution in [0.5, 0.6) is 0 Å². The van der Waals surface area contributed by atoms with Crippen molar-refractivity contribution in [3.05, 3.63) is 155 Å². The Labute approximate surface area is 284 Å². The summed E-state index contributed by atoms with van der Waals surface area (Å²) in [6.07, 6.45) is 1.74. The molecule has 11 heteroatoms. The molecule has 0 radical (unpaired) electrons. The zero-order valence-corrected chi connectivity index (χ0v) is 26.8. The summed E-state index contributed by atoms with van der Waals surface area (Å²) < 4.78 is 55.7. The van der Waals surface area contributed by atoms with Gasteiger partial charge in [-0.15, -0.1) is 11.8 Å². The van der Waals surface area contributed by atoms with E-state index < -0.39 is 51.9 Å². The van der Waals surface area contributed by atoms with Crippen molar-refractivity contribution in [1.82, 2.24) is 5.32 Å². The Bertz CT molecular complexity index is 1980. The van der Waals surface area contributed by atoms with Gasteiger partial charge in [-0.05, 0) is 59.5 Å². The topological polar surface area (TPSA) is 87.3 Å². The van der Waals surface area contributed by atoms with E-state index in [4.69, 9.17) is 0 Å². The fraction of sp³-hybridized carbons (Fsp3) is 0.0789. The van der Waals surface area contributed by atoms with E-state index in [-0.39, 0.29) is 18.2 Å².